The van der Waals surface area contributed by atoms with Crippen molar-refractivity contribution in [2.24, 2.45) is 5.92 Å². The molecule has 0 aromatic carbocycles. The molecule has 0 atom stereocenters. The SMILES string of the molecule is FC(F)(F)c1nn(CC2CNC2)cc1Br. The van der Waals surface area contributed by atoms with E-state index in [0.717, 1.165) is 13.1 Å². The van der Waals surface area contributed by atoms with Crippen molar-refractivity contribution in [3.8, 4) is 0 Å². The molecule has 3 nitrogen and oxygen atoms in total. The fourth-order valence-corrected chi connectivity index (χ4v) is 1.97. The van der Waals surface area contributed by atoms with Crippen LogP contribution in [0.5, 0.6) is 0 Å². The number of hydrogen-bond acceptors (Lipinski definition) is 2. The van der Waals surface area contributed by atoms with Crippen LogP contribution >= 0.6 is 15.9 Å². The summed E-state index contributed by atoms with van der Waals surface area (Å²) in [5.74, 6) is 0.387. The summed E-state index contributed by atoms with van der Waals surface area (Å²) in [5.41, 5.74) is -0.852. The van der Waals surface area contributed by atoms with Crippen LogP contribution < -0.4 is 5.32 Å². The molecule has 0 unspecified atom stereocenters. The minimum absolute atomic E-state index is 0.00211. The average Bonchev–Trinajstić information content (AvgIpc) is 2.38. The molecule has 0 aliphatic carbocycles. The highest BCUT2D eigenvalue weighted by Crippen LogP contribution is 2.33. The van der Waals surface area contributed by atoms with Crippen LogP contribution in [-0.4, -0.2) is 22.9 Å². The third-order valence-corrected chi connectivity index (χ3v) is 2.88. The molecule has 2 heterocycles. The maximum absolute atomic E-state index is 12.4. The second kappa shape index (κ2) is 3.79. The van der Waals surface area contributed by atoms with Gasteiger partial charge in [0.15, 0.2) is 5.69 Å². The Kier molecular flexibility index (Phi) is 2.76. The lowest BCUT2D eigenvalue weighted by molar-refractivity contribution is -0.142. The van der Waals surface area contributed by atoms with Gasteiger partial charge in [0.1, 0.15) is 0 Å². The molecule has 1 saturated heterocycles. The molecule has 1 N–H and O–H groups in total. The van der Waals surface area contributed by atoms with Crippen LogP contribution in [0.25, 0.3) is 0 Å². The van der Waals surface area contributed by atoms with Gasteiger partial charge in [-0.3, -0.25) is 4.68 Å². The minimum Gasteiger partial charge on any atom is -0.316 e. The maximum atomic E-state index is 12.4. The zero-order chi connectivity index (χ0) is 11.1. The summed E-state index contributed by atoms with van der Waals surface area (Å²) in [6.45, 7) is 2.22. The Labute approximate surface area is 92.8 Å². The number of halogens is 4. The predicted octanol–water partition coefficient (Wildman–Crippen LogP) is 1.88. The number of nitrogens with zero attached hydrogens (tertiary/aromatic N) is 2. The molecule has 2 rings (SSSR count). The van der Waals surface area contributed by atoms with E-state index in [1.807, 2.05) is 0 Å². The van der Waals surface area contributed by atoms with Gasteiger partial charge in [-0.1, -0.05) is 0 Å². The van der Waals surface area contributed by atoms with Gasteiger partial charge in [0.25, 0.3) is 0 Å². The highest BCUT2D eigenvalue weighted by molar-refractivity contribution is 9.10. The Morgan fingerprint density at radius 3 is 2.60 bits per heavy atom. The van der Waals surface area contributed by atoms with E-state index < -0.39 is 11.9 Å². The van der Waals surface area contributed by atoms with Gasteiger partial charge in [0.2, 0.25) is 0 Å². The van der Waals surface area contributed by atoms with Crippen molar-refractivity contribution in [1.82, 2.24) is 15.1 Å². The van der Waals surface area contributed by atoms with E-state index in [-0.39, 0.29) is 4.47 Å². The van der Waals surface area contributed by atoms with Gasteiger partial charge in [-0.25, -0.2) is 0 Å². The summed E-state index contributed by atoms with van der Waals surface area (Å²) in [7, 11) is 0. The first-order valence-electron chi connectivity index (χ1n) is 4.47. The maximum Gasteiger partial charge on any atom is 0.436 e. The first-order valence-corrected chi connectivity index (χ1v) is 5.27. The zero-order valence-corrected chi connectivity index (χ0v) is 9.27. The van der Waals surface area contributed by atoms with E-state index >= 15 is 0 Å². The Morgan fingerprint density at radius 2 is 2.20 bits per heavy atom. The second-order valence-corrected chi connectivity index (χ2v) is 4.42. The molecule has 0 amide bonds. The summed E-state index contributed by atoms with van der Waals surface area (Å²) in [6.07, 6.45) is -3.01. The third-order valence-electron chi connectivity index (χ3n) is 2.30. The number of hydrogen-bond donors (Lipinski definition) is 1. The molecule has 7 heteroatoms. The first-order chi connectivity index (χ1) is 6.97. The fourth-order valence-electron chi connectivity index (χ4n) is 1.42. The minimum atomic E-state index is -4.39. The average molecular weight is 284 g/mol. The lowest BCUT2D eigenvalue weighted by atomic mass is 10.0. The normalized spacial score (nSPS) is 17.9. The predicted molar refractivity (Wildman–Crippen MR) is 51.3 cm³/mol. The molecular formula is C8H9BrF3N3. The van der Waals surface area contributed by atoms with Crippen LogP contribution in [0.15, 0.2) is 10.7 Å². The van der Waals surface area contributed by atoms with Gasteiger partial charge in [0, 0.05) is 31.7 Å². The number of rotatable bonds is 2. The largest absolute Gasteiger partial charge is 0.436 e. The van der Waals surface area contributed by atoms with Crippen molar-refractivity contribution in [2.75, 3.05) is 13.1 Å². The van der Waals surface area contributed by atoms with Crippen LogP contribution in [0, 0.1) is 5.92 Å². The molecule has 1 aliphatic heterocycles. The molecule has 15 heavy (non-hydrogen) atoms. The fraction of sp³-hybridized carbons (Fsp3) is 0.625. The monoisotopic (exact) mass is 283 g/mol. The molecule has 1 fully saturated rings. The zero-order valence-electron chi connectivity index (χ0n) is 7.68. The van der Waals surface area contributed by atoms with Crippen molar-refractivity contribution in [3.05, 3.63) is 16.4 Å². The quantitative estimate of drug-likeness (QED) is 0.898. The van der Waals surface area contributed by atoms with E-state index in [0.29, 0.717) is 12.5 Å². The molecule has 0 saturated carbocycles. The molecule has 0 bridgehead atoms. The Balaban J connectivity index is 2.13. The lowest BCUT2D eigenvalue weighted by Gasteiger charge is -2.26. The first kappa shape index (κ1) is 10.9. The standard InChI is InChI=1S/C8H9BrF3N3/c9-6-4-15(3-5-1-13-2-5)14-7(6)8(10,11)12/h4-5,13H,1-3H2. The van der Waals surface area contributed by atoms with E-state index in [1.165, 1.54) is 10.9 Å². The van der Waals surface area contributed by atoms with Crippen LogP contribution in [0.2, 0.25) is 0 Å². The third kappa shape index (κ3) is 2.34. The molecule has 1 aliphatic rings. The summed E-state index contributed by atoms with van der Waals surface area (Å²) in [5, 5.41) is 6.58. The van der Waals surface area contributed by atoms with Gasteiger partial charge >= 0.3 is 6.18 Å². The van der Waals surface area contributed by atoms with Gasteiger partial charge in [0.05, 0.1) is 4.47 Å². The van der Waals surface area contributed by atoms with Gasteiger partial charge in [-0.05, 0) is 15.9 Å². The smallest absolute Gasteiger partial charge is 0.316 e. The van der Waals surface area contributed by atoms with Crippen LogP contribution in [0.3, 0.4) is 0 Å². The van der Waals surface area contributed by atoms with Crippen molar-refractivity contribution in [3.63, 3.8) is 0 Å². The van der Waals surface area contributed by atoms with Crippen molar-refractivity contribution in [2.45, 2.75) is 12.7 Å². The summed E-state index contributed by atoms with van der Waals surface area (Å²) >= 11 is 2.86. The second-order valence-electron chi connectivity index (χ2n) is 3.57. The lowest BCUT2D eigenvalue weighted by Crippen LogP contribution is -2.44. The topological polar surface area (TPSA) is 29.9 Å². The van der Waals surface area contributed by atoms with Crippen molar-refractivity contribution >= 4 is 15.9 Å². The molecule has 1 aromatic heterocycles. The van der Waals surface area contributed by atoms with Crippen LogP contribution in [0.1, 0.15) is 5.69 Å². The highest BCUT2D eigenvalue weighted by Gasteiger charge is 2.36. The van der Waals surface area contributed by atoms with Gasteiger partial charge in [-0.15, -0.1) is 0 Å². The van der Waals surface area contributed by atoms with E-state index in [2.05, 4.69) is 26.3 Å². The van der Waals surface area contributed by atoms with E-state index in [4.69, 9.17) is 0 Å². The van der Waals surface area contributed by atoms with Gasteiger partial charge < -0.3 is 5.32 Å². The number of nitrogens with one attached hydrogen (secondary N) is 1. The molecule has 84 valence electrons. The molecule has 0 radical (unpaired) electrons. The van der Waals surface area contributed by atoms with Crippen LogP contribution in [-0.2, 0) is 12.7 Å². The van der Waals surface area contributed by atoms with Crippen molar-refractivity contribution in [1.29, 1.82) is 0 Å². The van der Waals surface area contributed by atoms with E-state index in [9.17, 15) is 13.2 Å². The molecular weight excluding hydrogens is 275 g/mol. The van der Waals surface area contributed by atoms with E-state index in [1.54, 1.807) is 0 Å². The Hall–Kier alpha value is -0.560. The number of alkyl halides is 3. The number of aromatic nitrogens is 2. The van der Waals surface area contributed by atoms with Crippen LogP contribution in [0.4, 0.5) is 13.2 Å². The summed E-state index contributed by atoms with van der Waals surface area (Å²) in [4.78, 5) is 0. The van der Waals surface area contributed by atoms with Crippen molar-refractivity contribution < 1.29 is 13.2 Å². The Morgan fingerprint density at radius 1 is 1.53 bits per heavy atom. The Bertz CT molecular complexity index is 357. The molecule has 1 aromatic rings. The van der Waals surface area contributed by atoms with Gasteiger partial charge in [-0.2, -0.15) is 18.3 Å². The highest BCUT2D eigenvalue weighted by atomic mass is 79.9. The molecule has 0 spiro atoms. The summed E-state index contributed by atoms with van der Waals surface area (Å²) < 4.78 is 38.5. The summed E-state index contributed by atoms with van der Waals surface area (Å²) in [6, 6.07) is 0.